The van der Waals surface area contributed by atoms with E-state index in [1.165, 1.54) is 0 Å². The highest BCUT2D eigenvalue weighted by Crippen LogP contribution is 2.20. The third-order valence-corrected chi connectivity index (χ3v) is 2.98. The molecule has 2 rings (SSSR count). The van der Waals surface area contributed by atoms with Gasteiger partial charge in [-0.05, 0) is 61.4 Å². The first-order chi connectivity index (χ1) is 10.0. The standard InChI is InChI=1S/C8H12N2O.C8H11NO/c1-6-5-7(10-9)3-4-8(6)11-2;1-6-5-7(9)3-4-8(6)10-2/h3-5,10H,9H2,1-2H3;3-5H,9H2,1-2H3. The third-order valence-electron chi connectivity index (χ3n) is 2.98. The Kier molecular flexibility index (Phi) is 6.36. The monoisotopic (exact) mass is 289 g/mol. The molecule has 5 nitrogen and oxygen atoms in total. The predicted molar refractivity (Wildman–Crippen MR) is 87.7 cm³/mol. The highest BCUT2D eigenvalue weighted by atomic mass is 16.5. The van der Waals surface area contributed by atoms with Gasteiger partial charge in [-0.25, -0.2) is 0 Å². The number of hydrogen-bond acceptors (Lipinski definition) is 5. The summed E-state index contributed by atoms with van der Waals surface area (Å²) < 4.78 is 10.1. The summed E-state index contributed by atoms with van der Waals surface area (Å²) in [6.07, 6.45) is 0. The molecule has 5 N–H and O–H groups in total. The lowest BCUT2D eigenvalue weighted by molar-refractivity contribution is 0.411. The van der Waals surface area contributed by atoms with Gasteiger partial charge in [-0.15, -0.1) is 0 Å². The highest BCUT2D eigenvalue weighted by Gasteiger charge is 1.97. The van der Waals surface area contributed by atoms with Crippen molar-refractivity contribution in [3.05, 3.63) is 47.5 Å². The van der Waals surface area contributed by atoms with E-state index < -0.39 is 0 Å². The zero-order valence-corrected chi connectivity index (χ0v) is 12.9. The van der Waals surface area contributed by atoms with Crippen LogP contribution in [0.15, 0.2) is 36.4 Å². The summed E-state index contributed by atoms with van der Waals surface area (Å²) in [5.41, 5.74) is 11.9. The second kappa shape index (κ2) is 8.01. The molecule has 0 aliphatic rings. The Morgan fingerprint density at radius 1 is 0.857 bits per heavy atom. The molecule has 0 bridgehead atoms. The number of nitrogen functional groups attached to an aromatic ring is 2. The lowest BCUT2D eigenvalue weighted by Crippen LogP contribution is -2.06. The van der Waals surface area contributed by atoms with Gasteiger partial charge in [0.25, 0.3) is 0 Å². The molecule has 0 saturated heterocycles. The smallest absolute Gasteiger partial charge is 0.121 e. The van der Waals surface area contributed by atoms with E-state index >= 15 is 0 Å². The number of benzene rings is 2. The maximum absolute atomic E-state index is 5.53. The SMILES string of the molecule is COc1ccc(N)cc1C.COc1ccc(NN)cc1C. The summed E-state index contributed by atoms with van der Waals surface area (Å²) in [7, 11) is 3.30. The van der Waals surface area contributed by atoms with Gasteiger partial charge in [-0.2, -0.15) is 0 Å². The average molecular weight is 289 g/mol. The first-order valence-corrected chi connectivity index (χ1v) is 6.53. The quantitative estimate of drug-likeness (QED) is 0.460. The van der Waals surface area contributed by atoms with Crippen LogP contribution in [0.3, 0.4) is 0 Å². The van der Waals surface area contributed by atoms with Gasteiger partial charge in [0.2, 0.25) is 0 Å². The topological polar surface area (TPSA) is 82.5 Å². The van der Waals surface area contributed by atoms with Crippen molar-refractivity contribution in [2.75, 3.05) is 25.4 Å². The van der Waals surface area contributed by atoms with E-state index in [0.717, 1.165) is 34.0 Å². The Balaban J connectivity index is 0.000000211. The number of ether oxygens (including phenoxy) is 2. The van der Waals surface area contributed by atoms with Crippen molar-refractivity contribution in [3.8, 4) is 11.5 Å². The van der Waals surface area contributed by atoms with Gasteiger partial charge in [-0.1, -0.05) is 0 Å². The van der Waals surface area contributed by atoms with Gasteiger partial charge in [0.15, 0.2) is 0 Å². The predicted octanol–water partition coefficient (Wildman–Crippen LogP) is 2.88. The minimum Gasteiger partial charge on any atom is -0.496 e. The van der Waals surface area contributed by atoms with E-state index in [2.05, 4.69) is 5.43 Å². The van der Waals surface area contributed by atoms with Crippen molar-refractivity contribution in [1.82, 2.24) is 0 Å². The van der Waals surface area contributed by atoms with Crippen LogP contribution in [-0.4, -0.2) is 14.2 Å². The fourth-order valence-electron chi connectivity index (χ4n) is 1.87. The normalized spacial score (nSPS) is 9.38. The van der Waals surface area contributed by atoms with E-state index in [4.69, 9.17) is 21.1 Å². The number of anilines is 2. The average Bonchev–Trinajstić information content (AvgIpc) is 2.48. The van der Waals surface area contributed by atoms with Crippen LogP contribution < -0.4 is 26.5 Å². The molecule has 0 atom stereocenters. The number of hydrazine groups is 1. The third kappa shape index (κ3) is 4.89. The second-order valence-corrected chi connectivity index (χ2v) is 4.56. The van der Waals surface area contributed by atoms with Crippen LogP contribution >= 0.6 is 0 Å². The number of nitrogens with two attached hydrogens (primary N) is 2. The summed E-state index contributed by atoms with van der Waals surface area (Å²) in [4.78, 5) is 0. The summed E-state index contributed by atoms with van der Waals surface area (Å²) >= 11 is 0. The Bertz CT molecular complexity index is 586. The number of aryl methyl sites for hydroxylation is 2. The van der Waals surface area contributed by atoms with Crippen LogP contribution in [0.2, 0.25) is 0 Å². The molecule has 0 amide bonds. The molecule has 0 saturated carbocycles. The van der Waals surface area contributed by atoms with Crippen molar-refractivity contribution in [1.29, 1.82) is 0 Å². The number of nitrogens with one attached hydrogen (secondary N) is 1. The molecule has 0 radical (unpaired) electrons. The molecule has 5 heteroatoms. The van der Waals surface area contributed by atoms with E-state index in [0.29, 0.717) is 0 Å². The number of methoxy groups -OCH3 is 2. The van der Waals surface area contributed by atoms with Gasteiger partial charge < -0.3 is 20.6 Å². The molecule has 114 valence electrons. The Labute approximate surface area is 125 Å². The van der Waals surface area contributed by atoms with E-state index in [-0.39, 0.29) is 0 Å². The van der Waals surface area contributed by atoms with Crippen LogP contribution in [0.25, 0.3) is 0 Å². The van der Waals surface area contributed by atoms with Gasteiger partial charge >= 0.3 is 0 Å². The Morgan fingerprint density at radius 3 is 1.81 bits per heavy atom. The molecule has 0 heterocycles. The van der Waals surface area contributed by atoms with Gasteiger partial charge in [-0.3, -0.25) is 5.84 Å². The first kappa shape index (κ1) is 16.7. The highest BCUT2D eigenvalue weighted by molar-refractivity contribution is 5.49. The van der Waals surface area contributed by atoms with E-state index in [9.17, 15) is 0 Å². The Hall–Kier alpha value is -2.40. The molecule has 0 unspecified atom stereocenters. The number of hydrogen-bond donors (Lipinski definition) is 3. The lowest BCUT2D eigenvalue weighted by atomic mass is 10.2. The largest absolute Gasteiger partial charge is 0.496 e. The van der Waals surface area contributed by atoms with Crippen molar-refractivity contribution >= 4 is 11.4 Å². The van der Waals surface area contributed by atoms with Crippen molar-refractivity contribution in [2.45, 2.75) is 13.8 Å². The number of rotatable bonds is 3. The minimum absolute atomic E-state index is 0.776. The molecule has 0 aromatic heterocycles. The molecule has 0 spiro atoms. The molecule has 2 aromatic carbocycles. The zero-order chi connectivity index (χ0) is 15.8. The Morgan fingerprint density at radius 2 is 1.38 bits per heavy atom. The van der Waals surface area contributed by atoms with Crippen molar-refractivity contribution < 1.29 is 9.47 Å². The molecule has 0 aliphatic carbocycles. The minimum atomic E-state index is 0.776. The summed E-state index contributed by atoms with van der Waals surface area (Å²) in [5, 5.41) is 0. The van der Waals surface area contributed by atoms with E-state index in [1.54, 1.807) is 14.2 Å². The zero-order valence-electron chi connectivity index (χ0n) is 12.9. The molecule has 0 aliphatic heterocycles. The first-order valence-electron chi connectivity index (χ1n) is 6.53. The molecule has 2 aromatic rings. The van der Waals surface area contributed by atoms with Crippen LogP contribution in [0, 0.1) is 13.8 Å². The van der Waals surface area contributed by atoms with Crippen molar-refractivity contribution in [2.24, 2.45) is 5.84 Å². The van der Waals surface area contributed by atoms with Crippen LogP contribution in [-0.2, 0) is 0 Å². The van der Waals surface area contributed by atoms with Crippen LogP contribution in [0.5, 0.6) is 11.5 Å². The van der Waals surface area contributed by atoms with Gasteiger partial charge in [0.1, 0.15) is 11.5 Å². The van der Waals surface area contributed by atoms with Crippen molar-refractivity contribution in [3.63, 3.8) is 0 Å². The fourth-order valence-corrected chi connectivity index (χ4v) is 1.87. The van der Waals surface area contributed by atoms with Crippen LogP contribution in [0.1, 0.15) is 11.1 Å². The maximum atomic E-state index is 5.53. The van der Waals surface area contributed by atoms with E-state index in [1.807, 2.05) is 50.2 Å². The maximum Gasteiger partial charge on any atom is 0.121 e. The second-order valence-electron chi connectivity index (χ2n) is 4.56. The molecular formula is C16H23N3O2. The summed E-state index contributed by atoms with van der Waals surface area (Å²) in [5.74, 6) is 6.98. The summed E-state index contributed by atoms with van der Waals surface area (Å²) in [6, 6.07) is 11.3. The fraction of sp³-hybridized carbons (Fsp3) is 0.250. The molecule has 0 fully saturated rings. The lowest BCUT2D eigenvalue weighted by Gasteiger charge is -2.05. The van der Waals surface area contributed by atoms with Crippen LogP contribution in [0.4, 0.5) is 11.4 Å². The molecule has 21 heavy (non-hydrogen) atoms. The van der Waals surface area contributed by atoms with Gasteiger partial charge in [0, 0.05) is 11.4 Å². The molecular weight excluding hydrogens is 266 g/mol. The summed E-state index contributed by atoms with van der Waals surface area (Å²) in [6.45, 7) is 3.94. The van der Waals surface area contributed by atoms with Gasteiger partial charge in [0.05, 0.1) is 14.2 Å².